The second kappa shape index (κ2) is 10.9. The maximum absolute atomic E-state index is 13.3. The summed E-state index contributed by atoms with van der Waals surface area (Å²) < 4.78 is 65.1. The molecule has 11 heteroatoms. The minimum Gasteiger partial charge on any atom is -0.350 e. The third-order valence-corrected chi connectivity index (χ3v) is 8.84. The van der Waals surface area contributed by atoms with E-state index in [0.29, 0.717) is 42.8 Å². The Balaban J connectivity index is 1.74. The molecule has 0 saturated heterocycles. The Morgan fingerprint density at radius 2 is 1.84 bits per heavy atom. The van der Waals surface area contributed by atoms with Crippen molar-refractivity contribution in [1.29, 1.82) is 5.26 Å². The van der Waals surface area contributed by atoms with Crippen molar-refractivity contribution in [1.82, 2.24) is 15.1 Å². The van der Waals surface area contributed by atoms with Gasteiger partial charge in [0.2, 0.25) is 0 Å². The average Bonchev–Trinajstić information content (AvgIpc) is 3.25. The summed E-state index contributed by atoms with van der Waals surface area (Å²) in [6, 6.07) is 8.28. The quantitative estimate of drug-likeness (QED) is 0.515. The van der Waals surface area contributed by atoms with E-state index in [2.05, 4.69) is 16.5 Å². The van der Waals surface area contributed by atoms with E-state index in [-0.39, 0.29) is 34.8 Å². The number of nitriles is 1. The highest BCUT2D eigenvalue weighted by atomic mass is 32.2. The van der Waals surface area contributed by atoms with E-state index in [1.54, 1.807) is 22.9 Å². The summed E-state index contributed by atoms with van der Waals surface area (Å²) in [5.41, 5.74) is -0.147. The molecule has 0 bridgehead atoms. The van der Waals surface area contributed by atoms with Crippen molar-refractivity contribution in [3.63, 3.8) is 0 Å². The molecule has 1 aromatic carbocycles. The van der Waals surface area contributed by atoms with Crippen molar-refractivity contribution in [2.45, 2.75) is 70.8 Å². The highest BCUT2D eigenvalue weighted by Crippen LogP contribution is 2.40. The molecule has 3 rings (SSSR count). The Kier molecular flexibility index (Phi) is 8.42. The van der Waals surface area contributed by atoms with Gasteiger partial charge in [0, 0.05) is 24.9 Å². The first-order valence-corrected chi connectivity index (χ1v) is 14.3. The predicted molar refractivity (Wildman–Crippen MR) is 135 cm³/mol. The van der Waals surface area contributed by atoms with E-state index in [1.165, 1.54) is 12.3 Å². The summed E-state index contributed by atoms with van der Waals surface area (Å²) in [7, 11) is -3.05. The summed E-state index contributed by atoms with van der Waals surface area (Å²) in [4.78, 5) is 12.8. The standard InChI is InChI=1S/C26H33F3N4O3S/c1-5-33-23(21-11-8-18(12-19(21)15-30)14-25(2,3)26(27,28)29)13-22(32-33)24(34)31-16-17-6-9-20(10-7-17)37(4,35)36/h8,11-13,17,20H,5-7,9-10,14,16H2,1-4H3,(H,31,34). The number of aromatic nitrogens is 2. The van der Waals surface area contributed by atoms with Crippen molar-refractivity contribution >= 4 is 15.7 Å². The van der Waals surface area contributed by atoms with Crippen molar-refractivity contribution in [3.8, 4) is 17.3 Å². The number of alkyl halides is 3. The number of nitrogens with zero attached hydrogens (tertiary/aromatic N) is 3. The maximum Gasteiger partial charge on any atom is 0.394 e. The number of sulfone groups is 1. The largest absolute Gasteiger partial charge is 0.394 e. The number of carbonyl (C=O) groups excluding carboxylic acids is 1. The summed E-state index contributed by atoms with van der Waals surface area (Å²) in [6.45, 7) is 4.93. The van der Waals surface area contributed by atoms with Crippen molar-refractivity contribution in [2.24, 2.45) is 11.3 Å². The van der Waals surface area contributed by atoms with Gasteiger partial charge in [-0.3, -0.25) is 9.48 Å². The third-order valence-electron chi connectivity index (χ3n) is 7.16. The second-order valence-corrected chi connectivity index (χ2v) is 12.8. The molecule has 1 aliphatic carbocycles. The smallest absolute Gasteiger partial charge is 0.350 e. The van der Waals surface area contributed by atoms with Crippen LogP contribution in [0, 0.1) is 22.7 Å². The molecule has 0 radical (unpaired) electrons. The van der Waals surface area contributed by atoms with Gasteiger partial charge in [0.15, 0.2) is 5.69 Å². The Hall–Kier alpha value is -2.87. The molecular formula is C26H33F3N4O3S. The SMILES string of the molecule is CCn1nc(C(=O)NCC2CCC(S(C)(=O)=O)CC2)cc1-c1ccc(CC(C)(C)C(F)(F)F)cc1C#N. The molecule has 1 fully saturated rings. The van der Waals surface area contributed by atoms with Crippen LogP contribution in [-0.2, 0) is 22.8 Å². The minimum atomic E-state index is -4.38. The molecule has 1 aromatic heterocycles. The van der Waals surface area contributed by atoms with Crippen molar-refractivity contribution in [2.75, 3.05) is 12.8 Å². The van der Waals surface area contributed by atoms with Gasteiger partial charge < -0.3 is 5.32 Å². The van der Waals surface area contributed by atoms with E-state index in [0.717, 1.165) is 26.7 Å². The van der Waals surface area contributed by atoms with Crippen LogP contribution in [0.2, 0.25) is 0 Å². The zero-order chi connectivity index (χ0) is 27.6. The number of rotatable bonds is 8. The van der Waals surface area contributed by atoms with Crippen LogP contribution in [0.3, 0.4) is 0 Å². The lowest BCUT2D eigenvalue weighted by molar-refractivity contribution is -0.211. The molecule has 1 N–H and O–H groups in total. The molecule has 1 heterocycles. The molecule has 7 nitrogen and oxygen atoms in total. The Bertz CT molecular complexity index is 1290. The molecule has 0 aliphatic heterocycles. The Morgan fingerprint density at radius 3 is 2.38 bits per heavy atom. The molecular weight excluding hydrogens is 505 g/mol. The monoisotopic (exact) mass is 538 g/mol. The summed E-state index contributed by atoms with van der Waals surface area (Å²) in [5.74, 6) is -0.186. The van der Waals surface area contributed by atoms with Gasteiger partial charge in [-0.05, 0) is 62.6 Å². The lowest BCUT2D eigenvalue weighted by Crippen LogP contribution is -2.34. The number of aryl methyl sites for hydroxylation is 1. The summed E-state index contributed by atoms with van der Waals surface area (Å²) in [6.07, 6.45) is -0.781. The van der Waals surface area contributed by atoms with Crippen LogP contribution >= 0.6 is 0 Å². The first-order chi connectivity index (χ1) is 17.2. The van der Waals surface area contributed by atoms with Crippen molar-refractivity contribution in [3.05, 3.63) is 41.1 Å². The fourth-order valence-electron chi connectivity index (χ4n) is 4.71. The number of nitrogens with one attached hydrogen (secondary N) is 1. The lowest BCUT2D eigenvalue weighted by atomic mass is 9.84. The summed E-state index contributed by atoms with van der Waals surface area (Å²) >= 11 is 0. The number of carbonyl (C=O) groups is 1. The fraction of sp³-hybridized carbons (Fsp3) is 0.577. The zero-order valence-electron chi connectivity index (χ0n) is 21.5. The van der Waals surface area contributed by atoms with Gasteiger partial charge in [0.05, 0.1) is 28.0 Å². The van der Waals surface area contributed by atoms with Gasteiger partial charge in [0.1, 0.15) is 9.84 Å². The Morgan fingerprint density at radius 1 is 1.19 bits per heavy atom. The van der Waals surface area contributed by atoms with E-state index in [4.69, 9.17) is 0 Å². The van der Waals surface area contributed by atoms with Crippen LogP contribution in [0.1, 0.15) is 68.1 Å². The average molecular weight is 539 g/mol. The summed E-state index contributed by atoms with van der Waals surface area (Å²) in [5, 5.41) is 16.7. The molecule has 0 spiro atoms. The van der Waals surface area contributed by atoms with Crippen LogP contribution in [-0.4, -0.2) is 48.3 Å². The molecule has 1 aliphatic rings. The Labute approximate surface area is 216 Å². The highest BCUT2D eigenvalue weighted by Gasteiger charge is 2.47. The third kappa shape index (κ3) is 6.72. The van der Waals surface area contributed by atoms with Gasteiger partial charge in [-0.25, -0.2) is 8.42 Å². The van der Waals surface area contributed by atoms with Gasteiger partial charge in [-0.15, -0.1) is 0 Å². The van der Waals surface area contributed by atoms with Crippen LogP contribution in [0.15, 0.2) is 24.3 Å². The zero-order valence-corrected chi connectivity index (χ0v) is 22.3. The first kappa shape index (κ1) is 28.7. The predicted octanol–water partition coefficient (Wildman–Crippen LogP) is 4.91. The maximum atomic E-state index is 13.3. The van der Waals surface area contributed by atoms with Gasteiger partial charge >= 0.3 is 6.18 Å². The number of hydrogen-bond acceptors (Lipinski definition) is 5. The van der Waals surface area contributed by atoms with E-state index in [1.807, 2.05) is 6.92 Å². The van der Waals surface area contributed by atoms with Crippen LogP contribution in [0.25, 0.3) is 11.3 Å². The lowest BCUT2D eigenvalue weighted by Gasteiger charge is -2.27. The normalized spacial score (nSPS) is 18.9. The number of amides is 1. The molecule has 202 valence electrons. The van der Waals surface area contributed by atoms with Crippen LogP contribution in [0.4, 0.5) is 13.2 Å². The molecule has 0 unspecified atom stereocenters. The molecule has 2 aromatic rings. The number of benzene rings is 1. The minimum absolute atomic E-state index is 0.174. The van der Waals surface area contributed by atoms with Crippen LogP contribution in [0.5, 0.6) is 0 Å². The number of hydrogen-bond donors (Lipinski definition) is 1. The van der Waals surface area contributed by atoms with Gasteiger partial charge in [-0.1, -0.05) is 26.0 Å². The molecule has 1 amide bonds. The fourth-order valence-corrected chi connectivity index (χ4v) is 5.83. The van der Waals surface area contributed by atoms with Gasteiger partial charge in [0.25, 0.3) is 5.91 Å². The second-order valence-electron chi connectivity index (χ2n) is 10.5. The van der Waals surface area contributed by atoms with Gasteiger partial charge in [-0.2, -0.15) is 23.5 Å². The van der Waals surface area contributed by atoms with Crippen molar-refractivity contribution < 1.29 is 26.4 Å². The highest BCUT2D eigenvalue weighted by molar-refractivity contribution is 7.91. The van der Waals surface area contributed by atoms with E-state index >= 15 is 0 Å². The molecule has 37 heavy (non-hydrogen) atoms. The molecule has 1 saturated carbocycles. The van der Waals surface area contributed by atoms with E-state index in [9.17, 15) is 31.6 Å². The molecule has 0 atom stereocenters. The van der Waals surface area contributed by atoms with Crippen LogP contribution < -0.4 is 5.32 Å². The number of halogens is 3. The topological polar surface area (TPSA) is 105 Å². The van der Waals surface area contributed by atoms with E-state index < -0.39 is 21.4 Å². The first-order valence-electron chi connectivity index (χ1n) is 12.3.